The Morgan fingerprint density at radius 3 is 2.15 bits per heavy atom. The zero-order valence-corrected chi connectivity index (χ0v) is 14.9. The average Bonchev–Trinajstić information content (AvgIpc) is 2.61. The molecular weight excluding hydrogens is 353 g/mol. The minimum Gasteiger partial charge on any atom is -0.368 e. The van der Waals surface area contributed by atoms with Crippen LogP contribution >= 0.6 is 0 Å². The van der Waals surface area contributed by atoms with Crippen LogP contribution in [0.1, 0.15) is 19.4 Å². The quantitative estimate of drug-likeness (QED) is 0.601. The topological polar surface area (TPSA) is 49.8 Å². The highest BCUT2D eigenvalue weighted by Crippen LogP contribution is 2.30. The van der Waals surface area contributed by atoms with Crippen LogP contribution in [0.15, 0.2) is 60.7 Å². The van der Waals surface area contributed by atoms with E-state index in [0.717, 1.165) is 17.7 Å². The van der Waals surface area contributed by atoms with Gasteiger partial charge in [0, 0.05) is 23.4 Å². The number of halogens is 3. The van der Waals surface area contributed by atoms with Crippen LogP contribution in [0.2, 0.25) is 0 Å². The van der Waals surface area contributed by atoms with E-state index in [1.165, 1.54) is 12.1 Å². The Kier molecular flexibility index (Phi) is 5.30. The Balaban J connectivity index is 1.92. The van der Waals surface area contributed by atoms with Gasteiger partial charge in [0.1, 0.15) is 5.82 Å². The molecule has 0 aliphatic carbocycles. The number of anilines is 3. The first-order chi connectivity index (χ1) is 12.8. The largest absolute Gasteiger partial charge is 0.416 e. The molecule has 0 saturated heterocycles. The summed E-state index contributed by atoms with van der Waals surface area (Å²) in [6, 6.07) is 16.4. The van der Waals surface area contributed by atoms with Crippen LogP contribution in [0.5, 0.6) is 0 Å². The minimum absolute atomic E-state index is 0.169. The molecule has 4 nitrogen and oxygen atoms in total. The second-order valence-corrected chi connectivity index (χ2v) is 6.33. The zero-order valence-electron chi connectivity index (χ0n) is 14.9. The number of rotatable bonds is 5. The standard InChI is InChI=1S/C20H19F3N4/c1-13(2)24-18-12-17(14-6-4-3-5-7-14)26-19(27-18)25-16-10-8-15(9-11-16)20(21,22)23/h3-13H,1-2H3,(H2,24,25,26,27). The molecule has 7 heteroatoms. The van der Waals surface area contributed by atoms with E-state index >= 15 is 0 Å². The molecule has 3 aromatic rings. The second kappa shape index (κ2) is 7.65. The average molecular weight is 372 g/mol. The van der Waals surface area contributed by atoms with Crippen LogP contribution in [0.3, 0.4) is 0 Å². The van der Waals surface area contributed by atoms with E-state index in [-0.39, 0.29) is 6.04 Å². The molecule has 140 valence electrons. The molecule has 27 heavy (non-hydrogen) atoms. The smallest absolute Gasteiger partial charge is 0.368 e. The summed E-state index contributed by atoms with van der Waals surface area (Å²) in [4.78, 5) is 8.90. The molecule has 2 aromatic carbocycles. The van der Waals surface area contributed by atoms with E-state index in [4.69, 9.17) is 0 Å². The number of nitrogens with one attached hydrogen (secondary N) is 2. The van der Waals surface area contributed by atoms with Crippen LogP contribution < -0.4 is 10.6 Å². The van der Waals surface area contributed by atoms with Gasteiger partial charge in [-0.1, -0.05) is 30.3 Å². The maximum atomic E-state index is 12.7. The highest BCUT2D eigenvalue weighted by Gasteiger charge is 2.29. The van der Waals surface area contributed by atoms with Crippen LogP contribution in [0.25, 0.3) is 11.3 Å². The van der Waals surface area contributed by atoms with Crippen molar-refractivity contribution in [3.63, 3.8) is 0 Å². The molecule has 0 saturated carbocycles. The Labute approximate surface area is 155 Å². The van der Waals surface area contributed by atoms with Gasteiger partial charge >= 0.3 is 6.18 Å². The van der Waals surface area contributed by atoms with E-state index in [9.17, 15) is 13.2 Å². The molecule has 0 unspecified atom stereocenters. The zero-order chi connectivity index (χ0) is 19.4. The lowest BCUT2D eigenvalue weighted by Crippen LogP contribution is -2.12. The van der Waals surface area contributed by atoms with Crippen molar-refractivity contribution in [3.05, 3.63) is 66.2 Å². The maximum Gasteiger partial charge on any atom is 0.416 e. The number of aromatic nitrogens is 2. The molecule has 2 N–H and O–H groups in total. The predicted molar refractivity (Wildman–Crippen MR) is 101 cm³/mol. The first-order valence-electron chi connectivity index (χ1n) is 8.46. The van der Waals surface area contributed by atoms with Gasteiger partial charge < -0.3 is 10.6 Å². The number of nitrogens with zero attached hydrogens (tertiary/aromatic N) is 2. The maximum absolute atomic E-state index is 12.7. The van der Waals surface area contributed by atoms with Crippen molar-refractivity contribution in [2.24, 2.45) is 0 Å². The fourth-order valence-electron chi connectivity index (χ4n) is 2.50. The van der Waals surface area contributed by atoms with E-state index < -0.39 is 11.7 Å². The van der Waals surface area contributed by atoms with Gasteiger partial charge in [0.05, 0.1) is 11.3 Å². The van der Waals surface area contributed by atoms with Gasteiger partial charge in [0.25, 0.3) is 0 Å². The van der Waals surface area contributed by atoms with Crippen molar-refractivity contribution in [1.82, 2.24) is 9.97 Å². The summed E-state index contributed by atoms with van der Waals surface area (Å²) in [6.07, 6.45) is -4.36. The summed E-state index contributed by atoms with van der Waals surface area (Å²) >= 11 is 0. The SMILES string of the molecule is CC(C)Nc1cc(-c2ccccc2)nc(Nc2ccc(C(F)(F)F)cc2)n1. The van der Waals surface area contributed by atoms with Crippen LogP contribution in [0.4, 0.5) is 30.6 Å². The van der Waals surface area contributed by atoms with E-state index in [0.29, 0.717) is 23.1 Å². The number of benzene rings is 2. The van der Waals surface area contributed by atoms with E-state index in [1.807, 2.05) is 50.2 Å². The molecule has 0 atom stereocenters. The van der Waals surface area contributed by atoms with Gasteiger partial charge in [-0.3, -0.25) is 0 Å². The van der Waals surface area contributed by atoms with Crippen LogP contribution in [-0.4, -0.2) is 16.0 Å². The second-order valence-electron chi connectivity index (χ2n) is 6.33. The Bertz CT molecular complexity index is 891. The predicted octanol–water partition coefficient (Wildman–Crippen LogP) is 5.73. The fourth-order valence-corrected chi connectivity index (χ4v) is 2.50. The fraction of sp³-hybridized carbons (Fsp3) is 0.200. The van der Waals surface area contributed by atoms with Gasteiger partial charge in [-0.25, -0.2) is 4.98 Å². The van der Waals surface area contributed by atoms with Gasteiger partial charge in [-0.15, -0.1) is 0 Å². The van der Waals surface area contributed by atoms with Gasteiger partial charge in [-0.2, -0.15) is 18.2 Å². The summed E-state index contributed by atoms with van der Waals surface area (Å²) in [6.45, 7) is 3.99. The molecule has 0 amide bonds. The number of hydrogen-bond donors (Lipinski definition) is 2. The lowest BCUT2D eigenvalue weighted by molar-refractivity contribution is -0.137. The lowest BCUT2D eigenvalue weighted by Gasteiger charge is -2.14. The summed E-state index contributed by atoms with van der Waals surface area (Å²) < 4.78 is 38.1. The summed E-state index contributed by atoms with van der Waals surface area (Å²) in [7, 11) is 0. The third kappa shape index (κ3) is 4.97. The monoisotopic (exact) mass is 372 g/mol. The van der Waals surface area contributed by atoms with E-state index in [1.54, 1.807) is 0 Å². The number of hydrogen-bond acceptors (Lipinski definition) is 4. The minimum atomic E-state index is -4.36. The molecule has 0 spiro atoms. The molecule has 3 rings (SSSR count). The Hall–Kier alpha value is -3.09. The van der Waals surface area contributed by atoms with Crippen molar-refractivity contribution in [3.8, 4) is 11.3 Å². The normalized spacial score (nSPS) is 11.5. The molecule has 0 radical (unpaired) electrons. The molecule has 1 aromatic heterocycles. The first kappa shape index (κ1) is 18.7. The number of alkyl halides is 3. The molecule has 0 aliphatic rings. The van der Waals surface area contributed by atoms with Crippen molar-refractivity contribution in [2.45, 2.75) is 26.1 Å². The van der Waals surface area contributed by atoms with Crippen molar-refractivity contribution >= 4 is 17.5 Å². The van der Waals surface area contributed by atoms with Gasteiger partial charge in [-0.05, 0) is 38.1 Å². The molecule has 0 bridgehead atoms. The van der Waals surface area contributed by atoms with Crippen LogP contribution in [0, 0.1) is 0 Å². The first-order valence-corrected chi connectivity index (χ1v) is 8.46. The summed E-state index contributed by atoms with van der Waals surface area (Å²) in [5, 5.41) is 6.21. The lowest BCUT2D eigenvalue weighted by atomic mass is 10.1. The Morgan fingerprint density at radius 1 is 0.889 bits per heavy atom. The highest BCUT2D eigenvalue weighted by molar-refractivity contribution is 5.66. The van der Waals surface area contributed by atoms with Gasteiger partial charge in [0.15, 0.2) is 0 Å². The summed E-state index contributed by atoms with van der Waals surface area (Å²) in [5.74, 6) is 0.938. The molecule has 0 fully saturated rings. The third-order valence-electron chi connectivity index (χ3n) is 3.70. The highest BCUT2D eigenvalue weighted by atomic mass is 19.4. The molecular formula is C20H19F3N4. The van der Waals surface area contributed by atoms with E-state index in [2.05, 4.69) is 20.6 Å². The van der Waals surface area contributed by atoms with Gasteiger partial charge in [0.2, 0.25) is 5.95 Å². The third-order valence-corrected chi connectivity index (χ3v) is 3.70. The Morgan fingerprint density at radius 2 is 1.56 bits per heavy atom. The molecule has 0 aliphatic heterocycles. The van der Waals surface area contributed by atoms with Crippen molar-refractivity contribution in [1.29, 1.82) is 0 Å². The van der Waals surface area contributed by atoms with Crippen molar-refractivity contribution < 1.29 is 13.2 Å². The summed E-state index contributed by atoms with van der Waals surface area (Å²) in [5.41, 5.74) is 1.41. The van der Waals surface area contributed by atoms with Crippen LogP contribution in [-0.2, 0) is 6.18 Å². The van der Waals surface area contributed by atoms with Crippen molar-refractivity contribution in [2.75, 3.05) is 10.6 Å². The molecule has 1 heterocycles.